The van der Waals surface area contributed by atoms with Crippen LogP contribution in [0.25, 0.3) is 0 Å². The van der Waals surface area contributed by atoms with E-state index in [1.807, 2.05) is 35.2 Å². The summed E-state index contributed by atoms with van der Waals surface area (Å²) in [6.07, 6.45) is 8.92. The number of amides is 2. The maximum atomic E-state index is 13.3. The first-order valence-electron chi connectivity index (χ1n) is 9.85. The molecule has 2 aliphatic heterocycles. The largest absolute Gasteiger partial charge is 0.339 e. The van der Waals surface area contributed by atoms with Gasteiger partial charge in [-0.15, -0.1) is 0 Å². The molecular weight excluding hydrogens is 312 g/mol. The average Bonchev–Trinajstić information content (AvgIpc) is 2.98. The molecule has 3 fully saturated rings. The normalized spacial score (nSPS) is 27.9. The second-order valence-electron chi connectivity index (χ2n) is 8.02. The van der Waals surface area contributed by atoms with Gasteiger partial charge >= 0.3 is 0 Å². The molecule has 1 saturated carbocycles. The van der Waals surface area contributed by atoms with Gasteiger partial charge in [0.05, 0.1) is 5.41 Å². The lowest BCUT2D eigenvalue weighted by molar-refractivity contribution is -0.140. The van der Waals surface area contributed by atoms with Gasteiger partial charge in [-0.1, -0.05) is 37.5 Å². The SMILES string of the molecule is O=C(c1ccccc1)N1CCCC2(CCN(C3CCCCC3)C2=O)C1. The van der Waals surface area contributed by atoms with Crippen LogP contribution in [0.1, 0.15) is 61.7 Å². The quantitative estimate of drug-likeness (QED) is 0.827. The molecule has 1 spiro atoms. The van der Waals surface area contributed by atoms with Crippen molar-refractivity contribution in [3.05, 3.63) is 35.9 Å². The van der Waals surface area contributed by atoms with E-state index in [-0.39, 0.29) is 11.3 Å². The summed E-state index contributed by atoms with van der Waals surface area (Å²) in [4.78, 5) is 30.2. The van der Waals surface area contributed by atoms with Crippen molar-refractivity contribution < 1.29 is 9.59 Å². The van der Waals surface area contributed by atoms with Gasteiger partial charge in [0.1, 0.15) is 0 Å². The smallest absolute Gasteiger partial charge is 0.253 e. The van der Waals surface area contributed by atoms with E-state index in [9.17, 15) is 9.59 Å². The molecule has 0 radical (unpaired) electrons. The molecule has 0 aromatic heterocycles. The number of piperidine rings is 1. The van der Waals surface area contributed by atoms with Crippen LogP contribution in [0, 0.1) is 5.41 Å². The van der Waals surface area contributed by atoms with Gasteiger partial charge in [-0.3, -0.25) is 9.59 Å². The highest BCUT2D eigenvalue weighted by Gasteiger charge is 2.51. The number of benzene rings is 1. The van der Waals surface area contributed by atoms with Crippen molar-refractivity contribution >= 4 is 11.8 Å². The second kappa shape index (κ2) is 6.81. The second-order valence-corrected chi connectivity index (χ2v) is 8.02. The third-order valence-electron chi connectivity index (χ3n) is 6.45. The van der Waals surface area contributed by atoms with Crippen molar-refractivity contribution in [2.24, 2.45) is 5.41 Å². The van der Waals surface area contributed by atoms with Gasteiger partial charge in [-0.25, -0.2) is 0 Å². The van der Waals surface area contributed by atoms with Crippen LogP contribution in [0.15, 0.2) is 30.3 Å². The molecule has 4 nitrogen and oxygen atoms in total. The van der Waals surface area contributed by atoms with Gasteiger partial charge in [0.15, 0.2) is 0 Å². The fraction of sp³-hybridized carbons (Fsp3) is 0.619. The van der Waals surface area contributed by atoms with Crippen molar-refractivity contribution in [2.45, 2.75) is 57.4 Å². The summed E-state index contributed by atoms with van der Waals surface area (Å²) >= 11 is 0. The van der Waals surface area contributed by atoms with E-state index in [2.05, 4.69) is 4.90 Å². The average molecular weight is 340 g/mol. The molecule has 0 N–H and O–H groups in total. The highest BCUT2D eigenvalue weighted by Crippen LogP contribution is 2.42. The lowest BCUT2D eigenvalue weighted by atomic mass is 9.78. The number of carbonyl (C=O) groups excluding carboxylic acids is 2. The van der Waals surface area contributed by atoms with Gasteiger partial charge in [0, 0.05) is 31.2 Å². The van der Waals surface area contributed by atoms with Crippen LogP contribution in [0.4, 0.5) is 0 Å². The molecule has 1 aromatic carbocycles. The first-order valence-corrected chi connectivity index (χ1v) is 9.85. The van der Waals surface area contributed by atoms with Crippen molar-refractivity contribution in [2.75, 3.05) is 19.6 Å². The molecule has 4 rings (SSSR count). The Bertz CT molecular complexity index is 639. The van der Waals surface area contributed by atoms with Gasteiger partial charge < -0.3 is 9.80 Å². The third kappa shape index (κ3) is 3.07. The van der Waals surface area contributed by atoms with E-state index >= 15 is 0 Å². The summed E-state index contributed by atoms with van der Waals surface area (Å²) in [5.41, 5.74) is 0.411. The van der Waals surface area contributed by atoms with E-state index in [1.165, 1.54) is 19.3 Å². The molecule has 134 valence electrons. The Kier molecular flexibility index (Phi) is 4.53. The first kappa shape index (κ1) is 16.6. The summed E-state index contributed by atoms with van der Waals surface area (Å²) < 4.78 is 0. The molecule has 2 heterocycles. The fourth-order valence-electron chi connectivity index (χ4n) is 5.04. The van der Waals surface area contributed by atoms with Crippen LogP contribution in [-0.2, 0) is 4.79 Å². The third-order valence-corrected chi connectivity index (χ3v) is 6.45. The summed E-state index contributed by atoms with van der Waals surface area (Å²) in [5.74, 6) is 0.397. The van der Waals surface area contributed by atoms with Crippen molar-refractivity contribution in [1.29, 1.82) is 0 Å². The number of carbonyl (C=O) groups is 2. The fourth-order valence-corrected chi connectivity index (χ4v) is 5.04. The van der Waals surface area contributed by atoms with Crippen molar-refractivity contribution in [1.82, 2.24) is 9.80 Å². The minimum absolute atomic E-state index is 0.0728. The molecule has 1 atom stereocenters. The zero-order valence-electron chi connectivity index (χ0n) is 15.0. The predicted molar refractivity (Wildman–Crippen MR) is 97.2 cm³/mol. The van der Waals surface area contributed by atoms with E-state index < -0.39 is 0 Å². The molecular formula is C21H28N2O2. The lowest BCUT2D eigenvalue weighted by Gasteiger charge is -2.40. The standard InChI is InChI=1S/C21H28N2O2/c24-19(17-8-3-1-4-9-17)22-14-7-12-21(16-22)13-15-23(20(21)25)18-10-5-2-6-11-18/h1,3-4,8-9,18H,2,5-7,10-16H2. The number of hydrogen-bond acceptors (Lipinski definition) is 2. The predicted octanol–water partition coefficient (Wildman–Crippen LogP) is 3.47. The summed E-state index contributed by atoms with van der Waals surface area (Å²) in [6, 6.07) is 9.91. The van der Waals surface area contributed by atoms with Gasteiger partial charge in [0.25, 0.3) is 5.91 Å². The highest BCUT2D eigenvalue weighted by atomic mass is 16.2. The number of rotatable bonds is 2. The van der Waals surface area contributed by atoms with Crippen LogP contribution < -0.4 is 0 Å². The van der Waals surface area contributed by atoms with Crippen LogP contribution in [0.3, 0.4) is 0 Å². The Balaban J connectivity index is 1.48. The Morgan fingerprint density at radius 1 is 0.960 bits per heavy atom. The van der Waals surface area contributed by atoms with Crippen LogP contribution in [0.2, 0.25) is 0 Å². The van der Waals surface area contributed by atoms with Gasteiger partial charge in [-0.2, -0.15) is 0 Å². The van der Waals surface area contributed by atoms with E-state index in [4.69, 9.17) is 0 Å². The zero-order chi connectivity index (χ0) is 17.3. The molecule has 3 aliphatic rings. The molecule has 1 unspecified atom stereocenters. The first-order chi connectivity index (χ1) is 12.2. The highest BCUT2D eigenvalue weighted by molar-refractivity contribution is 5.95. The minimum atomic E-state index is -0.319. The minimum Gasteiger partial charge on any atom is -0.339 e. The number of nitrogens with zero attached hydrogens (tertiary/aromatic N) is 2. The zero-order valence-corrected chi connectivity index (χ0v) is 15.0. The van der Waals surface area contributed by atoms with Crippen molar-refractivity contribution in [3.8, 4) is 0 Å². The van der Waals surface area contributed by atoms with E-state index in [0.717, 1.165) is 50.8 Å². The summed E-state index contributed by atoms with van der Waals surface area (Å²) in [7, 11) is 0. The topological polar surface area (TPSA) is 40.6 Å². The molecule has 1 aliphatic carbocycles. The van der Waals surface area contributed by atoms with Crippen molar-refractivity contribution in [3.63, 3.8) is 0 Å². The summed E-state index contributed by atoms with van der Waals surface area (Å²) in [6.45, 7) is 2.26. The van der Waals surface area contributed by atoms with Crippen LogP contribution in [0.5, 0.6) is 0 Å². The van der Waals surface area contributed by atoms with Gasteiger partial charge in [0.2, 0.25) is 5.91 Å². The molecule has 0 bridgehead atoms. The van der Waals surface area contributed by atoms with Crippen LogP contribution >= 0.6 is 0 Å². The lowest BCUT2D eigenvalue weighted by Crippen LogP contribution is -2.51. The Morgan fingerprint density at radius 3 is 2.48 bits per heavy atom. The summed E-state index contributed by atoms with van der Waals surface area (Å²) in [5, 5.41) is 0. The molecule has 2 saturated heterocycles. The Labute approximate surface area is 150 Å². The molecule has 25 heavy (non-hydrogen) atoms. The maximum absolute atomic E-state index is 13.3. The monoisotopic (exact) mass is 340 g/mol. The van der Waals surface area contributed by atoms with E-state index in [0.29, 0.717) is 18.5 Å². The molecule has 1 aromatic rings. The van der Waals surface area contributed by atoms with Crippen LogP contribution in [-0.4, -0.2) is 47.3 Å². The molecule has 4 heteroatoms. The number of hydrogen-bond donors (Lipinski definition) is 0. The van der Waals surface area contributed by atoms with Gasteiger partial charge in [-0.05, 0) is 44.2 Å². The Morgan fingerprint density at radius 2 is 1.72 bits per heavy atom. The molecule has 2 amide bonds. The number of likely N-dealkylation sites (tertiary alicyclic amines) is 2. The maximum Gasteiger partial charge on any atom is 0.253 e. The Hall–Kier alpha value is -1.84. The van der Waals surface area contributed by atoms with E-state index in [1.54, 1.807) is 0 Å².